The van der Waals surface area contributed by atoms with Crippen LogP contribution in [0.5, 0.6) is 0 Å². The largest absolute Gasteiger partial charge is 0.373 e. The Morgan fingerprint density at radius 3 is 2.26 bits per heavy atom. The van der Waals surface area contributed by atoms with Crippen LogP contribution < -0.4 is 4.90 Å². The summed E-state index contributed by atoms with van der Waals surface area (Å²) in [6.45, 7) is 6.96. The van der Waals surface area contributed by atoms with Gasteiger partial charge in [-0.15, -0.1) is 0 Å². The standard InChI is InChI=1S/C15H24N4O3S/c1-13-11-19(12-14(2)22-13)23(20,21)18-9-7-17(8-10-18)15-5-3-4-6-16-15/h3-6,13-14H,7-12H2,1-2H3/t13-,14+. The molecule has 1 aromatic rings. The number of anilines is 1. The minimum Gasteiger partial charge on any atom is -0.373 e. The molecule has 0 saturated carbocycles. The van der Waals surface area contributed by atoms with E-state index in [9.17, 15) is 8.42 Å². The smallest absolute Gasteiger partial charge is 0.282 e. The van der Waals surface area contributed by atoms with Gasteiger partial charge in [-0.05, 0) is 26.0 Å². The van der Waals surface area contributed by atoms with Crippen LogP contribution in [0.3, 0.4) is 0 Å². The van der Waals surface area contributed by atoms with Gasteiger partial charge in [0.05, 0.1) is 12.2 Å². The van der Waals surface area contributed by atoms with Gasteiger partial charge in [-0.3, -0.25) is 0 Å². The van der Waals surface area contributed by atoms with Crippen LogP contribution in [0.25, 0.3) is 0 Å². The summed E-state index contributed by atoms with van der Waals surface area (Å²) in [7, 11) is -3.42. The van der Waals surface area contributed by atoms with E-state index in [-0.39, 0.29) is 12.2 Å². The Morgan fingerprint density at radius 1 is 1.04 bits per heavy atom. The number of morpholine rings is 1. The van der Waals surface area contributed by atoms with Crippen molar-refractivity contribution in [3.05, 3.63) is 24.4 Å². The van der Waals surface area contributed by atoms with Gasteiger partial charge in [0.2, 0.25) is 0 Å². The molecule has 0 aromatic carbocycles. The normalized spacial score (nSPS) is 28.0. The average Bonchev–Trinajstić information content (AvgIpc) is 2.55. The molecular formula is C15H24N4O3S. The maximum atomic E-state index is 12.8. The number of rotatable bonds is 3. The third kappa shape index (κ3) is 3.65. The first-order valence-corrected chi connectivity index (χ1v) is 9.43. The maximum absolute atomic E-state index is 12.8. The van der Waals surface area contributed by atoms with Crippen molar-refractivity contribution in [2.75, 3.05) is 44.2 Å². The van der Waals surface area contributed by atoms with Gasteiger partial charge in [0, 0.05) is 45.5 Å². The molecule has 23 heavy (non-hydrogen) atoms. The zero-order chi connectivity index (χ0) is 16.4. The van der Waals surface area contributed by atoms with Gasteiger partial charge in [0.1, 0.15) is 5.82 Å². The first kappa shape index (κ1) is 16.6. The molecule has 2 aliphatic rings. The second kappa shape index (κ2) is 6.72. The topological polar surface area (TPSA) is 66.0 Å². The molecule has 0 radical (unpaired) electrons. The highest BCUT2D eigenvalue weighted by molar-refractivity contribution is 7.86. The minimum absolute atomic E-state index is 0.0664. The number of ether oxygens (including phenoxy) is 1. The predicted octanol–water partition coefficient (Wildman–Crippen LogP) is 0.558. The summed E-state index contributed by atoms with van der Waals surface area (Å²) in [4.78, 5) is 6.45. The van der Waals surface area contributed by atoms with Crippen LogP contribution in [-0.2, 0) is 14.9 Å². The van der Waals surface area contributed by atoms with Gasteiger partial charge in [-0.25, -0.2) is 4.98 Å². The third-order valence-corrected chi connectivity index (χ3v) is 6.22. The highest BCUT2D eigenvalue weighted by Crippen LogP contribution is 2.20. The molecule has 0 N–H and O–H groups in total. The lowest BCUT2D eigenvalue weighted by Gasteiger charge is -2.40. The monoisotopic (exact) mass is 340 g/mol. The Morgan fingerprint density at radius 2 is 1.70 bits per heavy atom. The van der Waals surface area contributed by atoms with E-state index in [0.717, 1.165) is 5.82 Å². The fraction of sp³-hybridized carbons (Fsp3) is 0.667. The van der Waals surface area contributed by atoms with E-state index in [4.69, 9.17) is 4.74 Å². The Labute approximate surface area is 138 Å². The molecule has 3 heterocycles. The molecule has 3 rings (SSSR count). The molecule has 0 aliphatic carbocycles. The summed E-state index contributed by atoms with van der Waals surface area (Å²) in [6.07, 6.45) is 1.63. The van der Waals surface area contributed by atoms with Crippen molar-refractivity contribution in [2.24, 2.45) is 0 Å². The van der Waals surface area contributed by atoms with E-state index in [0.29, 0.717) is 39.3 Å². The summed E-state index contributed by atoms with van der Waals surface area (Å²) < 4.78 is 34.4. The van der Waals surface area contributed by atoms with Gasteiger partial charge in [-0.2, -0.15) is 17.0 Å². The van der Waals surface area contributed by atoms with Crippen molar-refractivity contribution in [1.82, 2.24) is 13.6 Å². The Balaban J connectivity index is 1.64. The minimum atomic E-state index is -3.42. The fourth-order valence-corrected chi connectivity index (χ4v) is 4.92. The quantitative estimate of drug-likeness (QED) is 0.804. The van der Waals surface area contributed by atoms with E-state index in [1.54, 1.807) is 14.8 Å². The number of aromatic nitrogens is 1. The Kier molecular flexibility index (Phi) is 4.86. The summed E-state index contributed by atoms with van der Waals surface area (Å²) in [5.41, 5.74) is 0. The van der Waals surface area contributed by atoms with Crippen LogP contribution >= 0.6 is 0 Å². The third-order valence-electron chi connectivity index (χ3n) is 4.25. The number of nitrogens with zero attached hydrogens (tertiary/aromatic N) is 4. The molecule has 0 bridgehead atoms. The van der Waals surface area contributed by atoms with Crippen LogP contribution in [0, 0.1) is 0 Å². The maximum Gasteiger partial charge on any atom is 0.282 e. The Bertz CT molecular complexity index is 607. The van der Waals surface area contributed by atoms with Crippen LogP contribution in [0.2, 0.25) is 0 Å². The van der Waals surface area contributed by atoms with Gasteiger partial charge >= 0.3 is 0 Å². The van der Waals surface area contributed by atoms with Crippen molar-refractivity contribution >= 4 is 16.0 Å². The van der Waals surface area contributed by atoms with E-state index in [2.05, 4.69) is 9.88 Å². The van der Waals surface area contributed by atoms with Gasteiger partial charge in [0.15, 0.2) is 0 Å². The van der Waals surface area contributed by atoms with Crippen LogP contribution in [-0.4, -0.2) is 73.5 Å². The second-order valence-corrected chi connectivity index (χ2v) is 8.08. The number of piperazine rings is 1. The zero-order valence-corrected chi connectivity index (χ0v) is 14.4. The summed E-state index contributed by atoms with van der Waals surface area (Å²) in [5, 5.41) is 0. The van der Waals surface area contributed by atoms with Gasteiger partial charge < -0.3 is 9.64 Å². The molecule has 2 atom stereocenters. The average molecular weight is 340 g/mol. The van der Waals surface area contributed by atoms with Gasteiger partial charge in [-0.1, -0.05) is 6.07 Å². The molecular weight excluding hydrogens is 316 g/mol. The highest BCUT2D eigenvalue weighted by atomic mass is 32.2. The molecule has 1 aromatic heterocycles. The molecule has 2 aliphatic heterocycles. The lowest BCUT2D eigenvalue weighted by molar-refractivity contribution is -0.0455. The van der Waals surface area contributed by atoms with Crippen LogP contribution in [0.1, 0.15) is 13.8 Å². The summed E-state index contributed by atoms with van der Waals surface area (Å²) in [5.74, 6) is 0.901. The van der Waals surface area contributed by atoms with Crippen molar-refractivity contribution in [1.29, 1.82) is 0 Å². The van der Waals surface area contributed by atoms with Gasteiger partial charge in [0.25, 0.3) is 10.2 Å². The highest BCUT2D eigenvalue weighted by Gasteiger charge is 2.36. The SMILES string of the molecule is C[C@@H]1CN(S(=O)(=O)N2CCN(c3ccccn3)CC2)C[C@H](C)O1. The van der Waals surface area contributed by atoms with Crippen molar-refractivity contribution < 1.29 is 13.2 Å². The van der Waals surface area contributed by atoms with Crippen LogP contribution in [0.15, 0.2) is 24.4 Å². The summed E-state index contributed by atoms with van der Waals surface area (Å²) in [6, 6.07) is 5.78. The number of hydrogen-bond acceptors (Lipinski definition) is 5. The lowest BCUT2D eigenvalue weighted by atomic mass is 10.3. The van der Waals surface area contributed by atoms with Crippen molar-refractivity contribution in [2.45, 2.75) is 26.1 Å². The van der Waals surface area contributed by atoms with E-state index >= 15 is 0 Å². The molecule has 2 fully saturated rings. The van der Waals surface area contributed by atoms with E-state index < -0.39 is 10.2 Å². The fourth-order valence-electron chi connectivity index (χ4n) is 3.17. The zero-order valence-electron chi connectivity index (χ0n) is 13.6. The second-order valence-electron chi connectivity index (χ2n) is 6.16. The molecule has 0 unspecified atom stereocenters. The molecule has 2 saturated heterocycles. The lowest BCUT2D eigenvalue weighted by Crippen LogP contribution is -2.57. The Hall–Kier alpha value is -1.22. The predicted molar refractivity (Wildman–Crippen MR) is 88.5 cm³/mol. The number of hydrogen-bond donors (Lipinski definition) is 0. The number of pyridine rings is 1. The molecule has 0 spiro atoms. The molecule has 0 amide bonds. The summed E-state index contributed by atoms with van der Waals surface area (Å²) >= 11 is 0. The molecule has 8 heteroatoms. The van der Waals surface area contributed by atoms with Crippen molar-refractivity contribution in [3.8, 4) is 0 Å². The first-order valence-electron chi connectivity index (χ1n) is 8.03. The molecule has 128 valence electrons. The molecule has 7 nitrogen and oxygen atoms in total. The van der Waals surface area contributed by atoms with E-state index in [1.807, 2.05) is 32.0 Å². The van der Waals surface area contributed by atoms with E-state index in [1.165, 1.54) is 0 Å². The first-order chi connectivity index (χ1) is 11.0. The van der Waals surface area contributed by atoms with Crippen molar-refractivity contribution in [3.63, 3.8) is 0 Å². The van der Waals surface area contributed by atoms with Crippen LogP contribution in [0.4, 0.5) is 5.82 Å².